The van der Waals surface area contributed by atoms with Gasteiger partial charge in [-0.05, 0) is 61.6 Å². The molecule has 0 saturated carbocycles. The van der Waals surface area contributed by atoms with E-state index in [9.17, 15) is 62.6 Å². The SMILES string of the molecule is CC[C@H](C)[C@@H]1NC(=O)[C@H](Cc2ccc(O)cc2)NC(=O)CCSSC[C@@H](C(=O)N2CCC[C@H]2C(=O)N[C@@H](CC(C)C)C(=O)N[C@@H](CCC(=O)O)C(N)=O)NC(=O)[C@H](CC(N)=O)NC(=O)[C@H](CCC(N)=O)NC1=O. The molecule has 0 aliphatic carbocycles. The van der Waals surface area contributed by atoms with Crippen molar-refractivity contribution in [2.24, 2.45) is 29.0 Å². The van der Waals surface area contributed by atoms with Crippen LogP contribution in [-0.4, -0.2) is 152 Å². The van der Waals surface area contributed by atoms with Crippen LogP contribution in [0, 0.1) is 11.8 Å². The van der Waals surface area contributed by atoms with Gasteiger partial charge in [-0.15, -0.1) is 0 Å². The largest absolute Gasteiger partial charge is 0.508 e. The number of benzene rings is 1. The Morgan fingerprint density at radius 1 is 0.781 bits per heavy atom. The first-order valence-electron chi connectivity index (χ1n) is 23.9. The van der Waals surface area contributed by atoms with Crippen LogP contribution >= 0.6 is 21.6 Å². The molecule has 404 valence electrons. The quantitative estimate of drug-likeness (QED) is 0.0611. The maximum Gasteiger partial charge on any atom is 0.303 e. The van der Waals surface area contributed by atoms with Gasteiger partial charge in [0, 0.05) is 43.7 Å². The highest BCUT2D eigenvalue weighted by molar-refractivity contribution is 8.76. The first-order valence-corrected chi connectivity index (χ1v) is 26.4. The fourth-order valence-corrected chi connectivity index (χ4v) is 10.0. The van der Waals surface area contributed by atoms with Crippen molar-refractivity contribution in [1.29, 1.82) is 0 Å². The van der Waals surface area contributed by atoms with Crippen molar-refractivity contribution >= 4 is 92.5 Å². The number of carboxylic acid groups (broad SMARTS) is 1. The number of hydrogen-bond acceptors (Lipinski definition) is 15. The van der Waals surface area contributed by atoms with Crippen molar-refractivity contribution in [2.75, 3.05) is 18.1 Å². The van der Waals surface area contributed by atoms with E-state index in [0.29, 0.717) is 18.4 Å². The van der Waals surface area contributed by atoms with Crippen LogP contribution in [0.1, 0.15) is 97.5 Å². The molecule has 2 heterocycles. The Bertz CT molecular complexity index is 2190. The van der Waals surface area contributed by atoms with Gasteiger partial charge in [0.25, 0.3) is 0 Å². The van der Waals surface area contributed by atoms with E-state index in [2.05, 4.69) is 37.2 Å². The molecule has 25 nitrogen and oxygen atoms in total. The molecule has 15 N–H and O–H groups in total. The number of carboxylic acids is 1. The monoisotopic (exact) mass is 1060 g/mol. The van der Waals surface area contributed by atoms with Gasteiger partial charge in [0.15, 0.2) is 0 Å². The van der Waals surface area contributed by atoms with E-state index in [1.165, 1.54) is 17.0 Å². The van der Waals surface area contributed by atoms with Crippen LogP contribution in [0.5, 0.6) is 5.75 Å². The number of phenols is 1. The van der Waals surface area contributed by atoms with Gasteiger partial charge in [-0.2, -0.15) is 0 Å². The fourth-order valence-electron chi connectivity index (χ4n) is 7.86. The molecule has 2 fully saturated rings. The lowest BCUT2D eigenvalue weighted by molar-refractivity contribution is -0.142. The molecule has 3 rings (SSSR count). The number of nitrogens with zero attached hydrogens (tertiary/aromatic N) is 1. The number of hydrogen-bond donors (Lipinski definition) is 12. The second-order valence-electron chi connectivity index (χ2n) is 18.4. The molecular weight excluding hydrogens is 995 g/mol. The minimum atomic E-state index is -1.77. The molecule has 0 radical (unpaired) electrons. The standard InChI is InChI=1S/C46H69N11O14S2/c1-5-24(4)38-45(70)52-28(12-14-34(47)59)40(65)53-31(21-35(48)60)42(67)55-32(22-73-72-18-16-36(61)50-30(43(68)56-38)20-25-8-10-26(58)11-9-25)46(71)57-17-6-7-33(57)44(69)54-29(19-23(2)3)41(66)51-27(39(49)64)13-15-37(62)63/h8-11,23-24,27-33,38,58H,5-7,12-22H2,1-4H3,(H2,47,59)(H2,48,60)(H2,49,64)(H,50,61)(H,51,66)(H,52,70)(H,53,65)(H,54,69)(H,55,67)(H,56,68)(H,62,63)/t24-,27-,28-,29-,30-,31-,32-,33-,38-/m0/s1. The molecule has 2 aliphatic rings. The summed E-state index contributed by atoms with van der Waals surface area (Å²) < 4.78 is 0. The molecule has 2 aliphatic heterocycles. The Hall–Kier alpha value is -6.64. The van der Waals surface area contributed by atoms with Crippen molar-refractivity contribution < 1.29 is 67.7 Å². The van der Waals surface area contributed by atoms with Crippen molar-refractivity contribution in [3.63, 3.8) is 0 Å². The minimum absolute atomic E-state index is 0.0144. The lowest BCUT2D eigenvalue weighted by Gasteiger charge is -2.31. The van der Waals surface area contributed by atoms with Crippen molar-refractivity contribution in [1.82, 2.24) is 42.1 Å². The molecule has 0 spiro atoms. The number of likely N-dealkylation sites (tertiary alicyclic amines) is 1. The number of carbonyl (C=O) groups is 12. The third-order valence-electron chi connectivity index (χ3n) is 12.0. The van der Waals surface area contributed by atoms with Crippen molar-refractivity contribution in [3.05, 3.63) is 29.8 Å². The molecule has 0 bridgehead atoms. The van der Waals surface area contributed by atoms with Crippen LogP contribution in [0.15, 0.2) is 24.3 Å². The number of nitrogens with one attached hydrogen (secondary N) is 7. The van der Waals surface area contributed by atoms with E-state index < -0.39 is 151 Å². The van der Waals surface area contributed by atoms with Crippen LogP contribution in [-0.2, 0) is 64.0 Å². The summed E-state index contributed by atoms with van der Waals surface area (Å²) in [5.41, 5.74) is 16.9. The van der Waals surface area contributed by atoms with Gasteiger partial charge in [0.2, 0.25) is 65.0 Å². The van der Waals surface area contributed by atoms with Gasteiger partial charge in [0.1, 0.15) is 54.1 Å². The zero-order valence-electron chi connectivity index (χ0n) is 41.3. The summed E-state index contributed by atoms with van der Waals surface area (Å²) in [6, 6.07) is -5.26. The van der Waals surface area contributed by atoms with Crippen LogP contribution in [0.2, 0.25) is 0 Å². The highest BCUT2D eigenvalue weighted by atomic mass is 33.1. The first-order chi connectivity index (χ1) is 34.4. The fraction of sp³-hybridized carbons (Fsp3) is 0.609. The Morgan fingerprint density at radius 2 is 1.42 bits per heavy atom. The van der Waals surface area contributed by atoms with Crippen LogP contribution in [0.3, 0.4) is 0 Å². The van der Waals surface area contributed by atoms with E-state index in [0.717, 1.165) is 21.6 Å². The molecule has 0 unspecified atom stereocenters. The summed E-state index contributed by atoms with van der Waals surface area (Å²) in [7, 11) is 2.18. The summed E-state index contributed by atoms with van der Waals surface area (Å²) in [5.74, 6) is -11.7. The lowest BCUT2D eigenvalue weighted by Crippen LogP contribution is -2.61. The molecule has 1 aromatic rings. The van der Waals surface area contributed by atoms with Gasteiger partial charge in [-0.3, -0.25) is 57.5 Å². The van der Waals surface area contributed by atoms with Crippen molar-refractivity contribution in [3.8, 4) is 5.75 Å². The first kappa shape index (κ1) is 60.7. The molecule has 11 amide bonds. The summed E-state index contributed by atoms with van der Waals surface area (Å²) in [4.78, 5) is 161. The Labute approximate surface area is 430 Å². The normalized spacial score (nSPS) is 23.0. The van der Waals surface area contributed by atoms with Gasteiger partial charge >= 0.3 is 5.97 Å². The van der Waals surface area contributed by atoms with Gasteiger partial charge in [-0.1, -0.05) is 67.8 Å². The maximum atomic E-state index is 14.6. The molecule has 9 atom stereocenters. The number of phenolic OH excluding ortho intramolecular Hbond substituents is 1. The zero-order valence-corrected chi connectivity index (χ0v) is 42.9. The summed E-state index contributed by atoms with van der Waals surface area (Å²) in [6.45, 7) is 6.96. The number of amides is 11. The molecule has 73 heavy (non-hydrogen) atoms. The second kappa shape index (κ2) is 29.8. The highest BCUT2D eigenvalue weighted by Crippen LogP contribution is 2.26. The topological polar surface area (TPSA) is 411 Å². The smallest absolute Gasteiger partial charge is 0.303 e. The highest BCUT2D eigenvalue weighted by Gasteiger charge is 2.41. The number of aliphatic carboxylic acids is 1. The van der Waals surface area contributed by atoms with Crippen LogP contribution in [0.4, 0.5) is 0 Å². The maximum absolute atomic E-state index is 14.6. The van der Waals surface area contributed by atoms with Crippen LogP contribution < -0.4 is 54.4 Å². The predicted octanol–water partition coefficient (Wildman–Crippen LogP) is -2.31. The van der Waals surface area contributed by atoms with E-state index in [1.807, 2.05) is 0 Å². The van der Waals surface area contributed by atoms with E-state index in [4.69, 9.17) is 22.3 Å². The number of nitrogens with two attached hydrogens (primary N) is 3. The Morgan fingerprint density at radius 3 is 2.03 bits per heavy atom. The Kier molecular flexibility index (Phi) is 24.7. The molecular formula is C46H69N11O14S2. The summed E-state index contributed by atoms with van der Waals surface area (Å²) in [5, 5.41) is 36.9. The van der Waals surface area contributed by atoms with Crippen LogP contribution in [0.25, 0.3) is 0 Å². The number of carbonyl (C=O) groups excluding carboxylic acids is 11. The van der Waals surface area contributed by atoms with Gasteiger partial charge in [0.05, 0.1) is 6.42 Å². The summed E-state index contributed by atoms with van der Waals surface area (Å²) >= 11 is 0. The predicted molar refractivity (Wildman–Crippen MR) is 267 cm³/mol. The molecule has 27 heteroatoms. The third-order valence-corrected chi connectivity index (χ3v) is 14.4. The molecule has 1 aromatic carbocycles. The van der Waals surface area contributed by atoms with Gasteiger partial charge < -0.3 is 69.5 Å². The molecule has 2 saturated heterocycles. The average molecular weight is 1060 g/mol. The Balaban J connectivity index is 2.02. The zero-order chi connectivity index (χ0) is 54.5. The number of primary amides is 3. The molecule has 0 aromatic heterocycles. The van der Waals surface area contributed by atoms with Crippen molar-refractivity contribution in [2.45, 2.75) is 147 Å². The minimum Gasteiger partial charge on any atom is -0.508 e. The number of aromatic hydroxyl groups is 1. The second-order valence-corrected chi connectivity index (χ2v) is 21.0. The van der Waals surface area contributed by atoms with E-state index >= 15 is 0 Å². The summed E-state index contributed by atoms with van der Waals surface area (Å²) in [6.07, 6.45) is -1.80. The lowest BCUT2D eigenvalue weighted by atomic mass is 9.96. The average Bonchev–Trinajstić information content (AvgIpc) is 3.82. The van der Waals surface area contributed by atoms with E-state index in [-0.39, 0.29) is 61.8 Å². The van der Waals surface area contributed by atoms with Gasteiger partial charge in [-0.25, -0.2) is 0 Å². The third kappa shape index (κ3) is 20.4. The van der Waals surface area contributed by atoms with E-state index in [1.54, 1.807) is 39.8 Å². The number of rotatable bonds is 20.